The van der Waals surface area contributed by atoms with E-state index in [4.69, 9.17) is 11.6 Å². The molecule has 1 N–H and O–H groups in total. The molecule has 2 aromatic carbocycles. The standard InChI is InChI=1S/C21H23ClN4O3S/c1-14(20-24-17-7-3-4-8-18(17)25(20)2)23-21(27)15-9-10-16(22)19(13-15)26-11-5-6-12-30(26,28)29/h3-4,7-10,13-14H,5-6,11-12H2,1-2H3,(H,23,27). The smallest absolute Gasteiger partial charge is 0.251 e. The van der Waals surface area contributed by atoms with Gasteiger partial charge in [0, 0.05) is 19.2 Å². The van der Waals surface area contributed by atoms with Gasteiger partial charge in [0.15, 0.2) is 0 Å². The first-order valence-corrected chi connectivity index (χ1v) is 11.8. The Morgan fingerprint density at radius 3 is 2.70 bits per heavy atom. The lowest BCUT2D eigenvalue weighted by Crippen LogP contribution is -2.38. The van der Waals surface area contributed by atoms with Gasteiger partial charge in [-0.25, -0.2) is 13.4 Å². The molecule has 1 amide bonds. The van der Waals surface area contributed by atoms with Crippen LogP contribution in [0.15, 0.2) is 42.5 Å². The van der Waals surface area contributed by atoms with E-state index in [0.717, 1.165) is 23.3 Å². The van der Waals surface area contributed by atoms with Gasteiger partial charge in [-0.15, -0.1) is 0 Å². The maximum atomic E-state index is 12.9. The Bertz CT molecular complexity index is 1220. The Kier molecular flexibility index (Phi) is 5.46. The highest BCUT2D eigenvalue weighted by Crippen LogP contribution is 2.32. The first-order valence-electron chi connectivity index (χ1n) is 9.80. The number of imidazole rings is 1. The number of nitrogens with zero attached hydrogens (tertiary/aromatic N) is 3. The minimum atomic E-state index is -3.42. The molecule has 0 saturated carbocycles. The zero-order valence-corrected chi connectivity index (χ0v) is 18.4. The maximum Gasteiger partial charge on any atom is 0.251 e. The summed E-state index contributed by atoms with van der Waals surface area (Å²) in [5, 5.41) is 3.26. The van der Waals surface area contributed by atoms with Crippen molar-refractivity contribution in [2.75, 3.05) is 16.6 Å². The normalized spacial score (nSPS) is 17.1. The van der Waals surface area contributed by atoms with Crippen LogP contribution in [0.1, 0.15) is 42.0 Å². The van der Waals surface area contributed by atoms with Crippen LogP contribution in [0.5, 0.6) is 0 Å². The summed E-state index contributed by atoms with van der Waals surface area (Å²) in [5.74, 6) is 0.503. The van der Waals surface area contributed by atoms with Crippen molar-refractivity contribution in [3.8, 4) is 0 Å². The van der Waals surface area contributed by atoms with E-state index >= 15 is 0 Å². The fourth-order valence-corrected chi connectivity index (χ4v) is 5.72. The number of hydrogen-bond acceptors (Lipinski definition) is 4. The van der Waals surface area contributed by atoms with Crippen LogP contribution < -0.4 is 9.62 Å². The second-order valence-corrected chi connectivity index (χ2v) is 9.89. The van der Waals surface area contributed by atoms with Gasteiger partial charge in [0.05, 0.1) is 33.5 Å². The number of nitrogens with one attached hydrogen (secondary N) is 1. The molecule has 9 heteroatoms. The third-order valence-corrected chi connectivity index (χ3v) is 7.56. The summed E-state index contributed by atoms with van der Waals surface area (Å²) in [6.45, 7) is 2.23. The van der Waals surface area contributed by atoms with E-state index < -0.39 is 10.0 Å². The zero-order chi connectivity index (χ0) is 21.5. The van der Waals surface area contributed by atoms with Crippen LogP contribution in [0, 0.1) is 0 Å². The maximum absolute atomic E-state index is 12.9. The topological polar surface area (TPSA) is 84.3 Å². The summed E-state index contributed by atoms with van der Waals surface area (Å²) >= 11 is 6.28. The molecule has 0 spiro atoms. The lowest BCUT2D eigenvalue weighted by Gasteiger charge is -2.29. The fraction of sp³-hybridized carbons (Fsp3) is 0.333. The van der Waals surface area contributed by atoms with Gasteiger partial charge in [-0.05, 0) is 50.1 Å². The first-order chi connectivity index (χ1) is 14.3. The average Bonchev–Trinajstić information content (AvgIpc) is 3.05. The Labute approximate surface area is 180 Å². The third kappa shape index (κ3) is 3.77. The predicted octanol–water partition coefficient (Wildman–Crippen LogP) is 3.65. The Morgan fingerprint density at radius 1 is 1.20 bits per heavy atom. The predicted molar refractivity (Wildman–Crippen MR) is 118 cm³/mol. The van der Waals surface area contributed by atoms with Gasteiger partial charge in [-0.1, -0.05) is 23.7 Å². The number of carbonyl (C=O) groups excluding carboxylic acids is 1. The SMILES string of the molecule is CC(NC(=O)c1ccc(Cl)c(N2CCCCS2(=O)=O)c1)c1nc2ccccc2n1C. The summed E-state index contributed by atoms with van der Waals surface area (Å²) in [5.41, 5.74) is 2.54. The molecule has 2 heterocycles. The van der Waals surface area contributed by atoms with E-state index in [9.17, 15) is 13.2 Å². The minimum absolute atomic E-state index is 0.0868. The van der Waals surface area contributed by atoms with Crippen LogP contribution in [0.3, 0.4) is 0 Å². The van der Waals surface area contributed by atoms with Crippen LogP contribution in [0.25, 0.3) is 11.0 Å². The number of fused-ring (bicyclic) bond motifs is 1. The number of benzene rings is 2. The molecule has 7 nitrogen and oxygen atoms in total. The lowest BCUT2D eigenvalue weighted by molar-refractivity contribution is 0.0938. The number of aromatic nitrogens is 2. The Balaban J connectivity index is 1.59. The second kappa shape index (κ2) is 7.92. The number of carbonyl (C=O) groups is 1. The van der Waals surface area contributed by atoms with Crippen molar-refractivity contribution < 1.29 is 13.2 Å². The summed E-state index contributed by atoms with van der Waals surface area (Å²) in [7, 11) is -1.51. The molecule has 1 aliphatic rings. The van der Waals surface area contributed by atoms with Crippen molar-refractivity contribution >= 4 is 44.3 Å². The van der Waals surface area contributed by atoms with E-state index in [0.29, 0.717) is 29.2 Å². The zero-order valence-electron chi connectivity index (χ0n) is 16.8. The van der Waals surface area contributed by atoms with Gasteiger partial charge in [0.2, 0.25) is 10.0 Å². The molecule has 0 radical (unpaired) electrons. The average molecular weight is 447 g/mol. The van der Waals surface area contributed by atoms with Gasteiger partial charge in [0.1, 0.15) is 5.82 Å². The van der Waals surface area contributed by atoms with Gasteiger partial charge < -0.3 is 9.88 Å². The number of aryl methyl sites for hydroxylation is 1. The van der Waals surface area contributed by atoms with Crippen LogP contribution in [-0.4, -0.2) is 36.2 Å². The van der Waals surface area contributed by atoms with Crippen LogP contribution in [0.4, 0.5) is 5.69 Å². The van der Waals surface area contributed by atoms with Crippen molar-refractivity contribution in [2.24, 2.45) is 7.05 Å². The number of para-hydroxylation sites is 2. The summed E-state index contributed by atoms with van der Waals surface area (Å²) < 4.78 is 28.2. The highest BCUT2D eigenvalue weighted by atomic mass is 35.5. The number of sulfonamides is 1. The molecule has 0 bridgehead atoms. The Hall–Kier alpha value is -2.58. The first kappa shape index (κ1) is 20.7. The van der Waals surface area contributed by atoms with Crippen molar-refractivity contribution in [2.45, 2.75) is 25.8 Å². The monoisotopic (exact) mass is 446 g/mol. The van der Waals surface area contributed by atoms with Gasteiger partial charge in [-0.2, -0.15) is 0 Å². The number of anilines is 1. The fourth-order valence-electron chi connectivity index (χ4n) is 3.80. The second-order valence-electron chi connectivity index (χ2n) is 7.47. The molecule has 1 saturated heterocycles. The molecule has 1 aliphatic heterocycles. The molecular formula is C21H23ClN4O3S. The summed E-state index contributed by atoms with van der Waals surface area (Å²) in [4.78, 5) is 17.5. The van der Waals surface area contributed by atoms with Gasteiger partial charge in [-0.3, -0.25) is 9.10 Å². The molecule has 30 heavy (non-hydrogen) atoms. The van der Waals surface area contributed by atoms with Crippen LogP contribution >= 0.6 is 11.6 Å². The number of hydrogen-bond donors (Lipinski definition) is 1. The summed E-state index contributed by atoms with van der Waals surface area (Å²) in [6, 6.07) is 12.1. The van der Waals surface area contributed by atoms with Crippen LogP contribution in [-0.2, 0) is 17.1 Å². The van der Waals surface area contributed by atoms with E-state index in [-0.39, 0.29) is 17.7 Å². The molecule has 4 rings (SSSR count). The number of rotatable bonds is 4. The third-order valence-electron chi connectivity index (χ3n) is 5.38. The Morgan fingerprint density at radius 2 is 1.97 bits per heavy atom. The highest BCUT2D eigenvalue weighted by Gasteiger charge is 2.28. The largest absolute Gasteiger partial charge is 0.342 e. The molecule has 1 aromatic heterocycles. The van der Waals surface area contributed by atoms with E-state index in [1.54, 1.807) is 18.2 Å². The van der Waals surface area contributed by atoms with Gasteiger partial charge in [0.25, 0.3) is 5.91 Å². The van der Waals surface area contributed by atoms with Gasteiger partial charge >= 0.3 is 0 Å². The molecule has 1 unspecified atom stereocenters. The molecule has 1 atom stereocenters. The molecule has 158 valence electrons. The minimum Gasteiger partial charge on any atom is -0.342 e. The number of halogens is 1. The highest BCUT2D eigenvalue weighted by molar-refractivity contribution is 7.92. The van der Waals surface area contributed by atoms with E-state index in [1.807, 2.05) is 42.8 Å². The molecule has 3 aromatic rings. The van der Waals surface area contributed by atoms with Crippen molar-refractivity contribution in [3.63, 3.8) is 0 Å². The quantitative estimate of drug-likeness (QED) is 0.663. The summed E-state index contributed by atoms with van der Waals surface area (Å²) in [6.07, 6.45) is 1.39. The van der Waals surface area contributed by atoms with E-state index in [2.05, 4.69) is 10.3 Å². The van der Waals surface area contributed by atoms with Crippen molar-refractivity contribution in [3.05, 3.63) is 58.9 Å². The molecule has 0 aliphatic carbocycles. The van der Waals surface area contributed by atoms with E-state index in [1.165, 1.54) is 4.31 Å². The van der Waals surface area contributed by atoms with Crippen molar-refractivity contribution in [1.29, 1.82) is 0 Å². The number of amides is 1. The van der Waals surface area contributed by atoms with Crippen molar-refractivity contribution in [1.82, 2.24) is 14.9 Å². The lowest BCUT2D eigenvalue weighted by atomic mass is 10.1. The van der Waals surface area contributed by atoms with Crippen LogP contribution in [0.2, 0.25) is 5.02 Å². The molecule has 1 fully saturated rings. The molecular weight excluding hydrogens is 424 g/mol.